The molecule has 1 N–H and O–H groups in total. The van der Waals surface area contributed by atoms with Gasteiger partial charge in [0.05, 0.1) is 18.9 Å². The van der Waals surface area contributed by atoms with E-state index >= 15 is 0 Å². The molecule has 1 aromatic carbocycles. The van der Waals surface area contributed by atoms with E-state index in [9.17, 15) is 22.8 Å². The number of amides is 3. The molecular weight excluding hydrogens is 433 g/mol. The van der Waals surface area contributed by atoms with Gasteiger partial charge in [0, 0.05) is 32.2 Å². The van der Waals surface area contributed by atoms with E-state index in [2.05, 4.69) is 10.3 Å². The van der Waals surface area contributed by atoms with Crippen molar-refractivity contribution in [2.75, 3.05) is 37.0 Å². The number of nitrogens with one attached hydrogen (secondary N) is 1. The molecule has 0 saturated carbocycles. The number of hydrogen-bond acceptors (Lipinski definition) is 5. The van der Waals surface area contributed by atoms with Crippen LogP contribution in [0.3, 0.4) is 0 Å². The van der Waals surface area contributed by atoms with Gasteiger partial charge in [0.2, 0.25) is 5.91 Å². The normalized spacial score (nSPS) is 15.3. The minimum absolute atomic E-state index is 0.101. The van der Waals surface area contributed by atoms with Crippen molar-refractivity contribution < 1.29 is 27.5 Å². The Balaban J connectivity index is 1.93. The molecule has 3 amide bonds. The average molecular weight is 456 g/mol. The van der Waals surface area contributed by atoms with Crippen LogP contribution >= 0.6 is 11.3 Å². The van der Waals surface area contributed by atoms with Crippen molar-refractivity contribution in [1.29, 1.82) is 0 Å². The number of thiazole rings is 1. The fourth-order valence-corrected chi connectivity index (χ4v) is 4.06. The maximum Gasteiger partial charge on any atom is 0.416 e. The summed E-state index contributed by atoms with van der Waals surface area (Å²) in [4.78, 5) is 32.0. The molecule has 1 aliphatic rings. The van der Waals surface area contributed by atoms with Crippen LogP contribution in [0.4, 0.5) is 28.8 Å². The lowest BCUT2D eigenvalue weighted by atomic mass is 10.0. The van der Waals surface area contributed by atoms with Crippen molar-refractivity contribution >= 4 is 34.1 Å². The van der Waals surface area contributed by atoms with Crippen molar-refractivity contribution in [3.05, 3.63) is 35.5 Å². The summed E-state index contributed by atoms with van der Waals surface area (Å²) in [5, 5.41) is 3.52. The van der Waals surface area contributed by atoms with Crippen LogP contribution in [0.1, 0.15) is 30.9 Å². The Morgan fingerprint density at radius 1 is 1.19 bits per heavy atom. The Bertz CT molecular complexity index is 948. The zero-order valence-electron chi connectivity index (χ0n) is 17.2. The number of methoxy groups -OCH3 is 1. The number of halogens is 3. The smallest absolute Gasteiger partial charge is 0.416 e. The SMILES string of the molecule is COc1cnc(NC(=O)N2CCCN(C(C)=O)CCCc3cc(C(F)(F)F)ccc32)s1. The highest BCUT2D eigenvalue weighted by molar-refractivity contribution is 7.17. The Labute approximate surface area is 181 Å². The maximum atomic E-state index is 13.3. The molecule has 1 aliphatic heterocycles. The number of aromatic nitrogens is 1. The van der Waals surface area contributed by atoms with Crippen LogP contribution in [0, 0.1) is 0 Å². The fourth-order valence-electron chi connectivity index (χ4n) is 3.43. The molecule has 7 nitrogen and oxygen atoms in total. The van der Waals surface area contributed by atoms with Gasteiger partial charge in [0.15, 0.2) is 10.2 Å². The fraction of sp³-hybridized carbons (Fsp3) is 0.450. The van der Waals surface area contributed by atoms with E-state index in [0.29, 0.717) is 53.8 Å². The molecule has 2 heterocycles. The van der Waals surface area contributed by atoms with E-state index in [1.54, 1.807) is 4.90 Å². The first-order valence-electron chi connectivity index (χ1n) is 9.73. The van der Waals surface area contributed by atoms with Gasteiger partial charge in [-0.15, -0.1) is 0 Å². The summed E-state index contributed by atoms with van der Waals surface area (Å²) in [6.45, 7) is 2.61. The van der Waals surface area contributed by atoms with Gasteiger partial charge >= 0.3 is 12.2 Å². The lowest BCUT2D eigenvalue weighted by molar-refractivity contribution is -0.137. The van der Waals surface area contributed by atoms with Crippen molar-refractivity contribution in [2.45, 2.75) is 32.4 Å². The summed E-state index contributed by atoms with van der Waals surface area (Å²) >= 11 is 1.14. The summed E-state index contributed by atoms with van der Waals surface area (Å²) in [5.74, 6) is -0.101. The molecule has 2 aromatic rings. The lowest BCUT2D eigenvalue weighted by Gasteiger charge is -2.29. The molecule has 3 rings (SSSR count). The highest BCUT2D eigenvalue weighted by atomic mass is 32.1. The molecule has 0 atom stereocenters. The first kappa shape index (κ1) is 22.9. The van der Waals surface area contributed by atoms with Crippen LogP contribution in [0.5, 0.6) is 5.06 Å². The maximum absolute atomic E-state index is 13.3. The quantitative estimate of drug-likeness (QED) is 0.727. The van der Waals surface area contributed by atoms with Gasteiger partial charge in [-0.1, -0.05) is 11.3 Å². The minimum Gasteiger partial charge on any atom is -0.486 e. The highest BCUT2D eigenvalue weighted by Crippen LogP contribution is 2.34. The molecule has 31 heavy (non-hydrogen) atoms. The summed E-state index contributed by atoms with van der Waals surface area (Å²) in [6.07, 6.45) is -1.74. The zero-order valence-corrected chi connectivity index (χ0v) is 18.0. The van der Waals surface area contributed by atoms with Crippen LogP contribution in [0.2, 0.25) is 0 Å². The number of urea groups is 1. The largest absolute Gasteiger partial charge is 0.486 e. The highest BCUT2D eigenvalue weighted by Gasteiger charge is 2.32. The topological polar surface area (TPSA) is 74.8 Å². The number of anilines is 2. The number of fused-ring (bicyclic) bond motifs is 1. The Kier molecular flexibility index (Phi) is 7.04. The van der Waals surface area contributed by atoms with E-state index in [-0.39, 0.29) is 12.5 Å². The summed E-state index contributed by atoms with van der Waals surface area (Å²) in [5.41, 5.74) is 0.0640. The van der Waals surface area contributed by atoms with E-state index < -0.39 is 17.8 Å². The number of alkyl halides is 3. The third-order valence-corrected chi connectivity index (χ3v) is 5.85. The second-order valence-corrected chi connectivity index (χ2v) is 8.07. The monoisotopic (exact) mass is 456 g/mol. The molecular formula is C20H23F3N4O3S. The molecule has 0 aliphatic carbocycles. The minimum atomic E-state index is -4.49. The van der Waals surface area contributed by atoms with Gasteiger partial charge in [-0.25, -0.2) is 9.78 Å². The van der Waals surface area contributed by atoms with Crippen molar-refractivity contribution in [3.63, 3.8) is 0 Å². The predicted molar refractivity (Wildman–Crippen MR) is 112 cm³/mol. The summed E-state index contributed by atoms with van der Waals surface area (Å²) in [6, 6.07) is 2.90. The van der Waals surface area contributed by atoms with E-state index in [4.69, 9.17) is 4.74 Å². The number of carbonyl (C=O) groups is 2. The Morgan fingerprint density at radius 3 is 2.58 bits per heavy atom. The van der Waals surface area contributed by atoms with Gasteiger partial charge in [-0.3, -0.25) is 15.0 Å². The molecule has 0 bridgehead atoms. The first-order chi connectivity index (χ1) is 14.7. The van der Waals surface area contributed by atoms with E-state index in [0.717, 1.165) is 23.5 Å². The van der Waals surface area contributed by atoms with Crippen LogP contribution in [-0.4, -0.2) is 48.6 Å². The van der Waals surface area contributed by atoms with Crippen molar-refractivity contribution in [2.24, 2.45) is 0 Å². The first-order valence-corrected chi connectivity index (χ1v) is 10.5. The van der Waals surface area contributed by atoms with Crippen LogP contribution in [0.15, 0.2) is 24.4 Å². The van der Waals surface area contributed by atoms with Gasteiger partial charge < -0.3 is 9.64 Å². The molecule has 0 radical (unpaired) electrons. The summed E-state index contributed by atoms with van der Waals surface area (Å²) in [7, 11) is 1.49. The van der Waals surface area contributed by atoms with E-state index in [1.807, 2.05) is 0 Å². The van der Waals surface area contributed by atoms with Crippen LogP contribution in [-0.2, 0) is 17.4 Å². The lowest BCUT2D eigenvalue weighted by Crippen LogP contribution is -2.40. The third kappa shape index (κ3) is 5.66. The standard InChI is InChI=1S/C20H23F3N4O3S/c1-13(28)26-8-3-5-14-11-15(20(21,22)23)6-7-16(14)27(10-4-9-26)19(29)25-18-24-12-17(30-2)31-18/h6-7,11-12H,3-5,8-10H2,1-2H3,(H,24,25,29). The van der Waals surface area contributed by atoms with Crippen LogP contribution < -0.4 is 15.0 Å². The van der Waals surface area contributed by atoms with E-state index in [1.165, 1.54) is 31.2 Å². The number of rotatable bonds is 2. The third-order valence-electron chi connectivity index (χ3n) is 4.97. The van der Waals surface area contributed by atoms with Crippen molar-refractivity contribution in [1.82, 2.24) is 9.88 Å². The molecule has 0 unspecified atom stereocenters. The number of nitrogens with zero attached hydrogens (tertiary/aromatic N) is 3. The number of aryl methyl sites for hydroxylation is 1. The number of ether oxygens (including phenoxy) is 1. The predicted octanol–water partition coefficient (Wildman–Crippen LogP) is 4.39. The van der Waals surface area contributed by atoms with Crippen molar-refractivity contribution in [3.8, 4) is 5.06 Å². The molecule has 11 heteroatoms. The molecule has 0 fully saturated rings. The van der Waals surface area contributed by atoms with Gasteiger partial charge in [0.1, 0.15) is 0 Å². The zero-order chi connectivity index (χ0) is 22.6. The Morgan fingerprint density at radius 2 is 1.94 bits per heavy atom. The second-order valence-electron chi connectivity index (χ2n) is 7.07. The number of carbonyl (C=O) groups excluding carboxylic acids is 2. The van der Waals surface area contributed by atoms with Crippen LogP contribution in [0.25, 0.3) is 0 Å². The molecule has 1 aromatic heterocycles. The second kappa shape index (κ2) is 9.54. The van der Waals surface area contributed by atoms with Gasteiger partial charge in [0.25, 0.3) is 0 Å². The average Bonchev–Trinajstić information content (AvgIpc) is 3.17. The Hall–Kier alpha value is -2.82. The van der Waals surface area contributed by atoms with Gasteiger partial charge in [-0.05, 0) is 43.0 Å². The van der Waals surface area contributed by atoms with Gasteiger partial charge in [-0.2, -0.15) is 13.2 Å². The molecule has 168 valence electrons. The number of hydrogen-bond donors (Lipinski definition) is 1. The molecule has 0 spiro atoms. The summed E-state index contributed by atoms with van der Waals surface area (Å²) < 4.78 is 44.9. The molecule has 0 saturated heterocycles. The number of benzene rings is 1.